The highest BCUT2D eigenvalue weighted by Crippen LogP contribution is 2.30. The second-order valence-electron chi connectivity index (χ2n) is 5.14. The van der Waals surface area contributed by atoms with Crippen LogP contribution in [0.25, 0.3) is 0 Å². The second-order valence-corrected chi connectivity index (χ2v) is 5.14. The summed E-state index contributed by atoms with van der Waals surface area (Å²) in [5, 5.41) is 13.7. The summed E-state index contributed by atoms with van der Waals surface area (Å²) in [5.41, 5.74) is 0.829. The van der Waals surface area contributed by atoms with E-state index >= 15 is 0 Å². The van der Waals surface area contributed by atoms with Crippen LogP contribution in [0.1, 0.15) is 19.4 Å². The van der Waals surface area contributed by atoms with Crippen molar-refractivity contribution >= 4 is 17.3 Å². The van der Waals surface area contributed by atoms with E-state index in [2.05, 4.69) is 5.32 Å². The van der Waals surface area contributed by atoms with Crippen LogP contribution in [0.15, 0.2) is 42.5 Å². The van der Waals surface area contributed by atoms with Crippen molar-refractivity contribution in [3.05, 3.63) is 58.1 Å². The molecule has 1 N–H and O–H groups in total. The van der Waals surface area contributed by atoms with Crippen molar-refractivity contribution < 1.29 is 19.2 Å². The number of nitrogens with zero attached hydrogens (tertiary/aromatic N) is 1. The molecule has 0 aliphatic heterocycles. The molecule has 0 bridgehead atoms. The first kappa shape index (κ1) is 18.3. The van der Waals surface area contributed by atoms with E-state index in [-0.39, 0.29) is 18.0 Å². The van der Waals surface area contributed by atoms with Crippen LogP contribution >= 0.6 is 0 Å². The SMILES string of the molecule is CCOc1ccc(NC(=O)Cc2ccccc2[N+](=O)[O-])cc1OCC. The van der Waals surface area contributed by atoms with Gasteiger partial charge in [0.1, 0.15) is 0 Å². The smallest absolute Gasteiger partial charge is 0.273 e. The molecule has 2 rings (SSSR count). The Morgan fingerprint density at radius 3 is 2.44 bits per heavy atom. The number of nitro benzene ring substituents is 1. The third-order valence-electron chi connectivity index (χ3n) is 3.37. The molecule has 0 heterocycles. The predicted molar refractivity (Wildman–Crippen MR) is 94.2 cm³/mol. The predicted octanol–water partition coefficient (Wildman–Crippen LogP) is 3.57. The lowest BCUT2D eigenvalue weighted by Crippen LogP contribution is -2.15. The summed E-state index contributed by atoms with van der Waals surface area (Å²) in [7, 11) is 0. The first-order valence-corrected chi connectivity index (χ1v) is 7.97. The quantitative estimate of drug-likeness (QED) is 0.584. The normalized spacial score (nSPS) is 10.2. The van der Waals surface area contributed by atoms with Crippen molar-refractivity contribution in [3.63, 3.8) is 0 Å². The Kier molecular flexibility index (Phi) is 6.33. The lowest BCUT2D eigenvalue weighted by atomic mass is 10.1. The van der Waals surface area contributed by atoms with Crippen LogP contribution in [0.4, 0.5) is 11.4 Å². The average molecular weight is 344 g/mol. The standard InChI is InChI=1S/C18H20N2O5/c1-3-24-16-10-9-14(12-17(16)25-4-2)19-18(21)11-13-7-5-6-8-15(13)20(22)23/h5-10,12H,3-4,11H2,1-2H3,(H,19,21). The first-order valence-electron chi connectivity index (χ1n) is 7.97. The number of carbonyl (C=O) groups is 1. The molecule has 132 valence electrons. The van der Waals surface area contributed by atoms with Gasteiger partial charge in [-0.05, 0) is 26.0 Å². The largest absolute Gasteiger partial charge is 0.490 e. The lowest BCUT2D eigenvalue weighted by Gasteiger charge is -2.13. The Morgan fingerprint density at radius 1 is 1.08 bits per heavy atom. The zero-order valence-corrected chi connectivity index (χ0v) is 14.2. The van der Waals surface area contributed by atoms with Gasteiger partial charge in [0.2, 0.25) is 5.91 Å². The van der Waals surface area contributed by atoms with Crippen LogP contribution < -0.4 is 14.8 Å². The van der Waals surface area contributed by atoms with Crippen LogP contribution in [0, 0.1) is 10.1 Å². The molecule has 0 radical (unpaired) electrons. The van der Waals surface area contributed by atoms with E-state index in [4.69, 9.17) is 9.47 Å². The number of hydrogen-bond acceptors (Lipinski definition) is 5. The molecule has 0 atom stereocenters. The number of ether oxygens (including phenoxy) is 2. The molecule has 7 heteroatoms. The third kappa shape index (κ3) is 4.94. The Balaban J connectivity index is 2.13. The summed E-state index contributed by atoms with van der Waals surface area (Å²) in [5.74, 6) is 0.787. The minimum atomic E-state index is -0.493. The molecule has 0 saturated heterocycles. The fraction of sp³-hybridized carbons (Fsp3) is 0.278. The van der Waals surface area contributed by atoms with Gasteiger partial charge in [0.25, 0.3) is 5.69 Å². The third-order valence-corrected chi connectivity index (χ3v) is 3.37. The van der Waals surface area contributed by atoms with Crippen molar-refractivity contribution in [1.29, 1.82) is 0 Å². The Morgan fingerprint density at radius 2 is 1.76 bits per heavy atom. The van der Waals surface area contributed by atoms with Gasteiger partial charge in [-0.1, -0.05) is 18.2 Å². The molecule has 7 nitrogen and oxygen atoms in total. The molecule has 0 aliphatic carbocycles. The number of nitrogens with one attached hydrogen (secondary N) is 1. The van der Waals surface area contributed by atoms with E-state index in [9.17, 15) is 14.9 Å². The number of rotatable bonds is 8. The molecule has 2 aromatic rings. The molecular weight excluding hydrogens is 324 g/mol. The molecular formula is C18H20N2O5. The maximum absolute atomic E-state index is 12.2. The van der Waals surface area contributed by atoms with Crippen molar-refractivity contribution in [2.24, 2.45) is 0 Å². The summed E-state index contributed by atoms with van der Waals surface area (Å²) in [4.78, 5) is 22.8. The number of anilines is 1. The summed E-state index contributed by atoms with van der Waals surface area (Å²) in [6.45, 7) is 4.70. The Hall–Kier alpha value is -3.09. The maximum atomic E-state index is 12.2. The van der Waals surface area contributed by atoms with E-state index in [1.54, 1.807) is 36.4 Å². The van der Waals surface area contributed by atoms with E-state index in [0.29, 0.717) is 36.0 Å². The monoisotopic (exact) mass is 344 g/mol. The zero-order valence-electron chi connectivity index (χ0n) is 14.2. The molecule has 0 spiro atoms. The van der Waals surface area contributed by atoms with Gasteiger partial charge in [-0.3, -0.25) is 14.9 Å². The fourth-order valence-corrected chi connectivity index (χ4v) is 2.35. The molecule has 0 fully saturated rings. The molecule has 0 saturated carbocycles. The minimum absolute atomic E-state index is 0.0700. The van der Waals surface area contributed by atoms with Gasteiger partial charge in [-0.2, -0.15) is 0 Å². The number of nitro groups is 1. The number of para-hydroxylation sites is 1. The van der Waals surface area contributed by atoms with Crippen LogP contribution in [-0.2, 0) is 11.2 Å². The van der Waals surface area contributed by atoms with Crippen molar-refractivity contribution in [2.75, 3.05) is 18.5 Å². The Labute approximate surface area is 145 Å². The van der Waals surface area contributed by atoms with Crippen molar-refractivity contribution in [1.82, 2.24) is 0 Å². The van der Waals surface area contributed by atoms with E-state index < -0.39 is 4.92 Å². The van der Waals surface area contributed by atoms with Gasteiger partial charge in [0, 0.05) is 23.4 Å². The molecule has 0 unspecified atom stereocenters. The number of benzene rings is 2. The first-order chi connectivity index (χ1) is 12.0. The summed E-state index contributed by atoms with van der Waals surface area (Å²) in [6.07, 6.45) is -0.0890. The van der Waals surface area contributed by atoms with Crippen LogP contribution in [0.5, 0.6) is 11.5 Å². The van der Waals surface area contributed by atoms with Gasteiger partial charge in [-0.15, -0.1) is 0 Å². The fourth-order valence-electron chi connectivity index (χ4n) is 2.35. The van der Waals surface area contributed by atoms with Gasteiger partial charge >= 0.3 is 0 Å². The number of carbonyl (C=O) groups excluding carboxylic acids is 1. The van der Waals surface area contributed by atoms with Gasteiger partial charge in [0.15, 0.2) is 11.5 Å². The van der Waals surface area contributed by atoms with E-state index in [0.717, 1.165) is 0 Å². The second kappa shape index (κ2) is 8.68. The minimum Gasteiger partial charge on any atom is -0.490 e. The molecule has 0 aromatic heterocycles. The Bertz CT molecular complexity index is 761. The highest BCUT2D eigenvalue weighted by Gasteiger charge is 2.16. The van der Waals surface area contributed by atoms with Gasteiger partial charge in [-0.25, -0.2) is 0 Å². The highest BCUT2D eigenvalue weighted by atomic mass is 16.6. The van der Waals surface area contributed by atoms with Crippen molar-refractivity contribution in [3.8, 4) is 11.5 Å². The van der Waals surface area contributed by atoms with E-state index in [1.807, 2.05) is 13.8 Å². The van der Waals surface area contributed by atoms with Gasteiger partial charge < -0.3 is 14.8 Å². The van der Waals surface area contributed by atoms with E-state index in [1.165, 1.54) is 6.07 Å². The topological polar surface area (TPSA) is 90.7 Å². The average Bonchev–Trinajstić information content (AvgIpc) is 2.58. The van der Waals surface area contributed by atoms with Crippen LogP contribution in [0.2, 0.25) is 0 Å². The molecule has 2 aromatic carbocycles. The summed E-state index contributed by atoms with van der Waals surface area (Å²) < 4.78 is 11.0. The van der Waals surface area contributed by atoms with Gasteiger partial charge in [0.05, 0.1) is 24.6 Å². The zero-order chi connectivity index (χ0) is 18.2. The lowest BCUT2D eigenvalue weighted by molar-refractivity contribution is -0.385. The molecule has 25 heavy (non-hydrogen) atoms. The molecule has 0 aliphatic rings. The number of hydrogen-bond donors (Lipinski definition) is 1. The number of amides is 1. The molecule has 1 amide bonds. The summed E-state index contributed by atoms with van der Waals surface area (Å²) in [6, 6.07) is 11.3. The van der Waals surface area contributed by atoms with Crippen molar-refractivity contribution in [2.45, 2.75) is 20.3 Å². The van der Waals surface area contributed by atoms with Crippen LogP contribution in [-0.4, -0.2) is 24.0 Å². The summed E-state index contributed by atoms with van der Waals surface area (Å²) >= 11 is 0. The highest BCUT2D eigenvalue weighted by molar-refractivity contribution is 5.93. The maximum Gasteiger partial charge on any atom is 0.273 e. The van der Waals surface area contributed by atoms with Crippen LogP contribution in [0.3, 0.4) is 0 Å².